The van der Waals surface area contributed by atoms with Crippen LogP contribution in [-0.4, -0.2) is 36.1 Å². The van der Waals surface area contributed by atoms with Gasteiger partial charge in [-0.1, -0.05) is 43.7 Å². The standard InChI is InChI=1S/C17H20N2O3/c1-3-7-14(11-18-2)16(20)19-15(12-22-17(19)21)10-13-8-5-4-6-9-13/h4-6,8-9,14-15H,3,7,10-12H2,1H3/t14-,15+/m1/s1. The van der Waals surface area contributed by atoms with Crippen molar-refractivity contribution in [2.24, 2.45) is 5.92 Å². The van der Waals surface area contributed by atoms with Crippen molar-refractivity contribution in [3.63, 3.8) is 0 Å². The molecule has 0 radical (unpaired) electrons. The summed E-state index contributed by atoms with van der Waals surface area (Å²) in [6, 6.07) is 9.43. The van der Waals surface area contributed by atoms with Crippen molar-refractivity contribution >= 4 is 12.0 Å². The van der Waals surface area contributed by atoms with Crippen LogP contribution < -0.4 is 0 Å². The molecule has 2 amide bonds. The highest BCUT2D eigenvalue weighted by atomic mass is 16.6. The van der Waals surface area contributed by atoms with Gasteiger partial charge in [-0.25, -0.2) is 16.3 Å². The van der Waals surface area contributed by atoms with Crippen molar-refractivity contribution in [3.05, 3.63) is 47.3 Å². The van der Waals surface area contributed by atoms with Crippen LogP contribution >= 0.6 is 0 Å². The van der Waals surface area contributed by atoms with E-state index >= 15 is 0 Å². The SMILES string of the molecule is [C-]#[N+]C[C@@H](CCC)C(=O)N1C(=O)OC[C@@H]1Cc1ccccc1. The van der Waals surface area contributed by atoms with Gasteiger partial charge in [0.1, 0.15) is 12.5 Å². The molecule has 0 aromatic heterocycles. The van der Waals surface area contributed by atoms with Gasteiger partial charge >= 0.3 is 6.09 Å². The largest absolute Gasteiger partial charge is 0.447 e. The molecule has 116 valence electrons. The molecule has 2 rings (SSSR count). The Balaban J connectivity index is 2.13. The second kappa shape index (κ2) is 7.60. The molecule has 1 saturated heterocycles. The molecule has 0 N–H and O–H groups in total. The van der Waals surface area contributed by atoms with E-state index in [0.717, 1.165) is 12.0 Å². The first-order chi connectivity index (χ1) is 10.7. The summed E-state index contributed by atoms with van der Waals surface area (Å²) in [5.74, 6) is -0.701. The van der Waals surface area contributed by atoms with Crippen LogP contribution in [0.2, 0.25) is 0 Å². The Morgan fingerprint density at radius 3 is 2.82 bits per heavy atom. The monoisotopic (exact) mass is 300 g/mol. The first kappa shape index (κ1) is 16.0. The molecule has 1 aliphatic rings. The van der Waals surface area contributed by atoms with Crippen LogP contribution in [0.3, 0.4) is 0 Å². The first-order valence-corrected chi connectivity index (χ1v) is 7.54. The maximum absolute atomic E-state index is 12.6. The zero-order valence-electron chi connectivity index (χ0n) is 12.7. The summed E-state index contributed by atoms with van der Waals surface area (Å²) in [4.78, 5) is 29.1. The van der Waals surface area contributed by atoms with Gasteiger partial charge in [0.15, 0.2) is 0 Å². The predicted molar refractivity (Wildman–Crippen MR) is 82.0 cm³/mol. The third-order valence-corrected chi connectivity index (χ3v) is 3.81. The van der Waals surface area contributed by atoms with E-state index in [0.29, 0.717) is 12.8 Å². The lowest BCUT2D eigenvalue weighted by Crippen LogP contribution is -2.44. The van der Waals surface area contributed by atoms with Crippen molar-refractivity contribution in [2.75, 3.05) is 13.2 Å². The summed E-state index contributed by atoms with van der Waals surface area (Å²) in [6.07, 6.45) is 1.41. The fourth-order valence-corrected chi connectivity index (χ4v) is 2.72. The second-order valence-corrected chi connectivity index (χ2v) is 5.45. The third kappa shape index (κ3) is 3.64. The van der Waals surface area contributed by atoms with E-state index < -0.39 is 12.0 Å². The van der Waals surface area contributed by atoms with Crippen LogP contribution in [0.15, 0.2) is 30.3 Å². The van der Waals surface area contributed by atoms with Crippen molar-refractivity contribution in [1.29, 1.82) is 0 Å². The summed E-state index contributed by atoms with van der Waals surface area (Å²) >= 11 is 0. The molecule has 0 unspecified atom stereocenters. The summed E-state index contributed by atoms with van der Waals surface area (Å²) in [6.45, 7) is 9.30. The molecule has 1 aliphatic heterocycles. The summed E-state index contributed by atoms with van der Waals surface area (Å²) in [5, 5.41) is 0. The number of carbonyl (C=O) groups excluding carboxylic acids is 2. The number of rotatable bonds is 6. The average molecular weight is 300 g/mol. The van der Waals surface area contributed by atoms with Gasteiger partial charge in [0, 0.05) is 0 Å². The lowest BCUT2D eigenvalue weighted by atomic mass is 10.00. The maximum atomic E-state index is 12.6. The number of amides is 2. The van der Waals surface area contributed by atoms with E-state index in [9.17, 15) is 9.59 Å². The minimum Gasteiger partial charge on any atom is -0.447 e. The normalized spacial score (nSPS) is 18.6. The van der Waals surface area contributed by atoms with Gasteiger partial charge in [-0.15, -0.1) is 0 Å². The minimum atomic E-state index is -0.586. The van der Waals surface area contributed by atoms with Crippen molar-refractivity contribution in [1.82, 2.24) is 4.90 Å². The van der Waals surface area contributed by atoms with Crippen LogP contribution in [0.5, 0.6) is 0 Å². The first-order valence-electron chi connectivity index (χ1n) is 7.54. The van der Waals surface area contributed by atoms with Gasteiger partial charge in [0.2, 0.25) is 12.5 Å². The summed E-state index contributed by atoms with van der Waals surface area (Å²) < 4.78 is 5.07. The molecule has 1 aromatic carbocycles. The zero-order valence-corrected chi connectivity index (χ0v) is 12.7. The highest BCUT2D eigenvalue weighted by molar-refractivity contribution is 5.95. The van der Waals surface area contributed by atoms with E-state index in [1.54, 1.807) is 0 Å². The maximum Gasteiger partial charge on any atom is 0.417 e. The molecule has 22 heavy (non-hydrogen) atoms. The van der Waals surface area contributed by atoms with E-state index in [-0.39, 0.29) is 25.1 Å². The number of cyclic esters (lactones) is 1. The van der Waals surface area contributed by atoms with E-state index in [1.807, 2.05) is 37.3 Å². The summed E-state index contributed by atoms with van der Waals surface area (Å²) in [7, 11) is 0. The molecule has 1 fully saturated rings. The highest BCUT2D eigenvalue weighted by Crippen LogP contribution is 2.22. The second-order valence-electron chi connectivity index (χ2n) is 5.45. The van der Waals surface area contributed by atoms with Gasteiger partial charge in [-0.2, -0.15) is 0 Å². The zero-order chi connectivity index (χ0) is 15.9. The van der Waals surface area contributed by atoms with Crippen molar-refractivity contribution in [3.8, 4) is 0 Å². The van der Waals surface area contributed by atoms with Gasteiger partial charge in [0.25, 0.3) is 0 Å². The molecule has 0 bridgehead atoms. The fraction of sp³-hybridized carbons (Fsp3) is 0.471. The fourth-order valence-electron chi connectivity index (χ4n) is 2.72. The molecule has 5 nitrogen and oxygen atoms in total. The Labute approximate surface area is 130 Å². The van der Waals surface area contributed by atoms with Crippen LogP contribution in [0.4, 0.5) is 4.79 Å². The molecule has 0 aliphatic carbocycles. The molecular weight excluding hydrogens is 280 g/mol. The Hall–Kier alpha value is -2.35. The van der Waals surface area contributed by atoms with Crippen LogP contribution in [-0.2, 0) is 16.0 Å². The number of carbonyl (C=O) groups is 2. The summed E-state index contributed by atoms with van der Waals surface area (Å²) in [5.41, 5.74) is 1.06. The van der Waals surface area contributed by atoms with Crippen molar-refractivity contribution in [2.45, 2.75) is 32.2 Å². The van der Waals surface area contributed by atoms with Crippen LogP contribution in [0.25, 0.3) is 4.85 Å². The predicted octanol–water partition coefficient (Wildman–Crippen LogP) is 2.91. The van der Waals surface area contributed by atoms with E-state index in [4.69, 9.17) is 11.3 Å². The Morgan fingerprint density at radius 2 is 2.18 bits per heavy atom. The van der Waals surface area contributed by atoms with Crippen LogP contribution in [0, 0.1) is 12.5 Å². The highest BCUT2D eigenvalue weighted by Gasteiger charge is 2.41. The van der Waals surface area contributed by atoms with Gasteiger partial charge in [-0.3, -0.25) is 4.79 Å². The number of nitrogens with zero attached hydrogens (tertiary/aromatic N) is 2. The van der Waals surface area contributed by atoms with Crippen LogP contribution in [0.1, 0.15) is 25.3 Å². The quantitative estimate of drug-likeness (QED) is 0.759. The number of hydrogen-bond acceptors (Lipinski definition) is 3. The molecule has 1 heterocycles. The molecule has 0 saturated carbocycles. The third-order valence-electron chi connectivity index (χ3n) is 3.81. The molecule has 2 atom stereocenters. The van der Waals surface area contributed by atoms with Crippen molar-refractivity contribution < 1.29 is 14.3 Å². The number of benzene rings is 1. The molecular formula is C17H20N2O3. The molecule has 5 heteroatoms. The average Bonchev–Trinajstić information content (AvgIpc) is 2.88. The Bertz CT molecular complexity index is 565. The number of ether oxygens (including phenoxy) is 1. The lowest BCUT2D eigenvalue weighted by molar-refractivity contribution is -0.133. The smallest absolute Gasteiger partial charge is 0.417 e. The number of imide groups is 1. The number of hydrogen-bond donors (Lipinski definition) is 0. The molecule has 1 aromatic rings. The van der Waals surface area contributed by atoms with Gasteiger partial charge in [-0.05, 0) is 18.4 Å². The van der Waals surface area contributed by atoms with Gasteiger partial charge in [0.05, 0.1) is 6.04 Å². The van der Waals surface area contributed by atoms with E-state index in [1.165, 1.54) is 4.90 Å². The Kier molecular flexibility index (Phi) is 5.54. The molecule has 0 spiro atoms. The van der Waals surface area contributed by atoms with E-state index in [2.05, 4.69) is 4.85 Å². The topological polar surface area (TPSA) is 51.0 Å². The Morgan fingerprint density at radius 1 is 1.45 bits per heavy atom. The lowest BCUT2D eigenvalue weighted by Gasteiger charge is -2.22. The van der Waals surface area contributed by atoms with Gasteiger partial charge < -0.3 is 9.58 Å². The minimum absolute atomic E-state index is 0.120.